The Hall–Kier alpha value is -1.57. The van der Waals surface area contributed by atoms with Gasteiger partial charge < -0.3 is 4.74 Å². The van der Waals surface area contributed by atoms with E-state index in [1.807, 2.05) is 24.3 Å². The average Bonchev–Trinajstić information content (AvgIpc) is 2.26. The molecular weight excluding hydrogens is 224 g/mol. The van der Waals surface area contributed by atoms with Gasteiger partial charge in [0.15, 0.2) is 5.78 Å². The molecule has 0 bridgehead atoms. The van der Waals surface area contributed by atoms with Crippen LogP contribution in [0.15, 0.2) is 29.8 Å². The third-order valence-corrected chi connectivity index (χ3v) is 3.45. The predicted octanol–water partition coefficient (Wildman–Crippen LogP) is 3.86. The lowest BCUT2D eigenvalue weighted by atomic mass is 9.73. The molecule has 0 aliphatic heterocycles. The Kier molecular flexibility index (Phi) is 3.29. The number of methoxy groups -OCH3 is 1. The first-order chi connectivity index (χ1) is 8.43. The first kappa shape index (κ1) is 12.9. The molecule has 0 spiro atoms. The third kappa shape index (κ3) is 2.47. The molecule has 1 aliphatic rings. The lowest BCUT2D eigenvalue weighted by Crippen LogP contribution is -2.24. The SMILES string of the molecule is COc1cccc(C2=C(C)CC(C)(C)CC2=O)c1. The highest BCUT2D eigenvalue weighted by Crippen LogP contribution is 2.40. The molecule has 0 aromatic heterocycles. The quantitative estimate of drug-likeness (QED) is 0.789. The van der Waals surface area contributed by atoms with Crippen LogP contribution in [0.2, 0.25) is 0 Å². The number of benzene rings is 1. The topological polar surface area (TPSA) is 26.3 Å². The zero-order valence-corrected chi connectivity index (χ0v) is 11.5. The molecule has 18 heavy (non-hydrogen) atoms. The summed E-state index contributed by atoms with van der Waals surface area (Å²) in [5, 5.41) is 0. The predicted molar refractivity (Wildman–Crippen MR) is 73.6 cm³/mol. The molecule has 2 rings (SSSR count). The average molecular weight is 244 g/mol. The van der Waals surface area contributed by atoms with Crippen LogP contribution < -0.4 is 4.74 Å². The summed E-state index contributed by atoms with van der Waals surface area (Å²) in [4.78, 5) is 12.3. The van der Waals surface area contributed by atoms with E-state index in [2.05, 4.69) is 20.8 Å². The highest BCUT2D eigenvalue weighted by molar-refractivity contribution is 6.22. The van der Waals surface area contributed by atoms with E-state index in [0.717, 1.165) is 23.3 Å². The van der Waals surface area contributed by atoms with Crippen LogP contribution in [-0.4, -0.2) is 12.9 Å². The Morgan fingerprint density at radius 2 is 1.94 bits per heavy atom. The van der Waals surface area contributed by atoms with Crippen molar-refractivity contribution in [2.45, 2.75) is 33.6 Å². The number of ether oxygens (including phenoxy) is 1. The van der Waals surface area contributed by atoms with E-state index < -0.39 is 0 Å². The maximum absolute atomic E-state index is 12.3. The van der Waals surface area contributed by atoms with Crippen LogP contribution in [0.3, 0.4) is 0 Å². The van der Waals surface area contributed by atoms with E-state index in [-0.39, 0.29) is 11.2 Å². The zero-order valence-electron chi connectivity index (χ0n) is 11.5. The minimum atomic E-state index is 0.0868. The number of carbonyl (C=O) groups is 1. The number of carbonyl (C=O) groups excluding carboxylic acids is 1. The molecule has 96 valence electrons. The summed E-state index contributed by atoms with van der Waals surface area (Å²) >= 11 is 0. The molecule has 0 radical (unpaired) electrons. The van der Waals surface area contributed by atoms with Gasteiger partial charge in [0.1, 0.15) is 5.75 Å². The minimum absolute atomic E-state index is 0.0868. The molecule has 0 saturated heterocycles. The van der Waals surface area contributed by atoms with Crippen LogP contribution in [0.1, 0.15) is 39.2 Å². The molecule has 2 heteroatoms. The van der Waals surface area contributed by atoms with Gasteiger partial charge in [-0.1, -0.05) is 31.6 Å². The van der Waals surface area contributed by atoms with Crippen molar-refractivity contribution in [1.82, 2.24) is 0 Å². The molecule has 1 aromatic rings. The van der Waals surface area contributed by atoms with Crippen LogP contribution in [0, 0.1) is 5.41 Å². The Morgan fingerprint density at radius 1 is 1.22 bits per heavy atom. The summed E-state index contributed by atoms with van der Waals surface area (Å²) in [6.07, 6.45) is 1.60. The molecule has 0 unspecified atom stereocenters. The Balaban J connectivity index is 2.46. The number of allylic oxidation sites excluding steroid dienone is 2. The van der Waals surface area contributed by atoms with E-state index in [1.165, 1.54) is 5.57 Å². The van der Waals surface area contributed by atoms with Gasteiger partial charge in [-0.05, 0) is 36.5 Å². The van der Waals surface area contributed by atoms with Gasteiger partial charge in [0.25, 0.3) is 0 Å². The van der Waals surface area contributed by atoms with Crippen LogP contribution in [0.5, 0.6) is 5.75 Å². The van der Waals surface area contributed by atoms with Crippen molar-refractivity contribution < 1.29 is 9.53 Å². The maximum Gasteiger partial charge on any atom is 0.163 e. The van der Waals surface area contributed by atoms with Crippen molar-refractivity contribution in [2.24, 2.45) is 5.41 Å². The number of rotatable bonds is 2. The van der Waals surface area contributed by atoms with Crippen molar-refractivity contribution in [1.29, 1.82) is 0 Å². The molecule has 1 aliphatic carbocycles. The minimum Gasteiger partial charge on any atom is -0.497 e. The monoisotopic (exact) mass is 244 g/mol. The van der Waals surface area contributed by atoms with E-state index in [1.54, 1.807) is 7.11 Å². The normalized spacial score (nSPS) is 19.0. The fraction of sp³-hybridized carbons (Fsp3) is 0.438. The summed E-state index contributed by atoms with van der Waals surface area (Å²) < 4.78 is 5.22. The van der Waals surface area contributed by atoms with Crippen molar-refractivity contribution in [3.05, 3.63) is 35.4 Å². The molecular formula is C16H20O2. The van der Waals surface area contributed by atoms with Gasteiger partial charge in [-0.2, -0.15) is 0 Å². The van der Waals surface area contributed by atoms with Crippen LogP contribution in [-0.2, 0) is 4.79 Å². The summed E-state index contributed by atoms with van der Waals surface area (Å²) in [5.74, 6) is 1.04. The van der Waals surface area contributed by atoms with Gasteiger partial charge in [-0.25, -0.2) is 0 Å². The Morgan fingerprint density at radius 3 is 2.56 bits per heavy atom. The highest BCUT2D eigenvalue weighted by atomic mass is 16.5. The summed E-state index contributed by atoms with van der Waals surface area (Å²) in [5.41, 5.74) is 3.13. The second-order valence-corrected chi connectivity index (χ2v) is 5.83. The molecule has 0 atom stereocenters. The maximum atomic E-state index is 12.3. The standard InChI is InChI=1S/C16H20O2/c1-11-9-16(2,3)10-14(17)15(11)12-6-5-7-13(8-12)18-4/h5-8H,9-10H2,1-4H3. The number of hydrogen-bond donors (Lipinski definition) is 0. The van der Waals surface area contributed by atoms with Gasteiger partial charge >= 0.3 is 0 Å². The fourth-order valence-corrected chi connectivity index (χ4v) is 2.82. The second kappa shape index (κ2) is 4.60. The van der Waals surface area contributed by atoms with Crippen molar-refractivity contribution >= 4 is 11.4 Å². The molecule has 1 aromatic carbocycles. The highest BCUT2D eigenvalue weighted by Gasteiger charge is 2.31. The van der Waals surface area contributed by atoms with Gasteiger partial charge in [0, 0.05) is 12.0 Å². The van der Waals surface area contributed by atoms with E-state index in [0.29, 0.717) is 6.42 Å². The smallest absolute Gasteiger partial charge is 0.163 e. The first-order valence-electron chi connectivity index (χ1n) is 6.30. The number of hydrogen-bond acceptors (Lipinski definition) is 2. The molecule has 0 fully saturated rings. The summed E-state index contributed by atoms with van der Waals surface area (Å²) in [6, 6.07) is 7.75. The lowest BCUT2D eigenvalue weighted by Gasteiger charge is -2.31. The van der Waals surface area contributed by atoms with Gasteiger partial charge in [0.2, 0.25) is 0 Å². The zero-order chi connectivity index (χ0) is 13.3. The third-order valence-electron chi connectivity index (χ3n) is 3.45. The van der Waals surface area contributed by atoms with E-state index in [9.17, 15) is 4.79 Å². The molecule has 0 saturated carbocycles. The van der Waals surface area contributed by atoms with Gasteiger partial charge in [-0.15, -0.1) is 0 Å². The lowest BCUT2D eigenvalue weighted by molar-refractivity contribution is -0.116. The van der Waals surface area contributed by atoms with Gasteiger partial charge in [-0.3, -0.25) is 4.79 Å². The first-order valence-corrected chi connectivity index (χ1v) is 6.30. The number of Topliss-reactive ketones (excluding diaryl/α,β-unsaturated/α-hetero) is 1. The van der Waals surface area contributed by atoms with Crippen molar-refractivity contribution in [3.8, 4) is 5.75 Å². The van der Waals surface area contributed by atoms with Crippen LogP contribution in [0.25, 0.3) is 5.57 Å². The largest absolute Gasteiger partial charge is 0.497 e. The Bertz CT molecular complexity index is 510. The molecule has 0 amide bonds. The van der Waals surface area contributed by atoms with E-state index in [4.69, 9.17) is 4.74 Å². The van der Waals surface area contributed by atoms with Crippen molar-refractivity contribution in [2.75, 3.05) is 7.11 Å². The molecule has 2 nitrogen and oxygen atoms in total. The second-order valence-electron chi connectivity index (χ2n) is 5.83. The van der Waals surface area contributed by atoms with E-state index >= 15 is 0 Å². The van der Waals surface area contributed by atoms with Gasteiger partial charge in [0.05, 0.1) is 7.11 Å². The molecule has 0 heterocycles. The number of ketones is 1. The Labute approximate surface area is 109 Å². The van der Waals surface area contributed by atoms with Crippen molar-refractivity contribution in [3.63, 3.8) is 0 Å². The van der Waals surface area contributed by atoms with Crippen LogP contribution >= 0.6 is 0 Å². The van der Waals surface area contributed by atoms with Crippen LogP contribution in [0.4, 0.5) is 0 Å². The fourth-order valence-electron chi connectivity index (χ4n) is 2.82. The molecule has 0 N–H and O–H groups in total. The summed E-state index contributed by atoms with van der Waals surface area (Å²) in [6.45, 7) is 6.36. The summed E-state index contributed by atoms with van der Waals surface area (Å²) in [7, 11) is 1.64.